The molecule has 0 saturated carbocycles. The van der Waals surface area contributed by atoms with Crippen LogP contribution in [0.1, 0.15) is 6.42 Å². The number of rotatable bonds is 2. The lowest BCUT2D eigenvalue weighted by Crippen LogP contribution is -2.53. The Morgan fingerprint density at radius 2 is 2.00 bits per heavy atom. The average Bonchev–Trinajstić information content (AvgIpc) is 2.83. The molecule has 2 saturated heterocycles. The van der Waals surface area contributed by atoms with Crippen molar-refractivity contribution in [3.63, 3.8) is 0 Å². The summed E-state index contributed by atoms with van der Waals surface area (Å²) in [5.41, 5.74) is 0. The van der Waals surface area contributed by atoms with E-state index < -0.39 is 12.0 Å². The van der Waals surface area contributed by atoms with Crippen molar-refractivity contribution >= 4 is 12.0 Å². The fourth-order valence-corrected chi connectivity index (χ4v) is 2.45. The number of nitrogens with one attached hydrogen (secondary N) is 1. The van der Waals surface area contributed by atoms with Gasteiger partial charge in [0.05, 0.1) is 6.10 Å². The van der Waals surface area contributed by atoms with Gasteiger partial charge >= 0.3 is 12.0 Å². The molecule has 2 N–H and O–H groups in total. The van der Waals surface area contributed by atoms with Crippen molar-refractivity contribution < 1.29 is 19.4 Å². The van der Waals surface area contributed by atoms with E-state index in [1.165, 1.54) is 4.90 Å². The molecular weight excluding hydrogens is 238 g/mol. The van der Waals surface area contributed by atoms with E-state index in [1.54, 1.807) is 12.0 Å². The van der Waals surface area contributed by atoms with Crippen molar-refractivity contribution in [2.24, 2.45) is 0 Å². The SMILES string of the molecule is COC1CC(C(=O)O)N(C(=O)N2CCNCC2)C1. The number of likely N-dealkylation sites (tertiary alicyclic amines) is 1. The van der Waals surface area contributed by atoms with Gasteiger partial charge in [0.2, 0.25) is 0 Å². The van der Waals surface area contributed by atoms with Gasteiger partial charge in [-0.05, 0) is 0 Å². The van der Waals surface area contributed by atoms with E-state index in [9.17, 15) is 9.59 Å². The highest BCUT2D eigenvalue weighted by molar-refractivity contribution is 5.83. The third-order valence-electron chi connectivity index (χ3n) is 3.51. The number of carbonyl (C=O) groups excluding carboxylic acids is 1. The highest BCUT2D eigenvalue weighted by Crippen LogP contribution is 2.22. The van der Waals surface area contributed by atoms with Crippen molar-refractivity contribution in [2.45, 2.75) is 18.6 Å². The molecule has 0 bridgehead atoms. The Balaban J connectivity index is 2.04. The fraction of sp³-hybridized carbons (Fsp3) is 0.818. The lowest BCUT2D eigenvalue weighted by molar-refractivity contribution is -0.141. The Hall–Kier alpha value is -1.34. The second-order valence-electron chi connectivity index (χ2n) is 4.62. The lowest BCUT2D eigenvalue weighted by atomic mass is 10.2. The quantitative estimate of drug-likeness (QED) is 0.676. The van der Waals surface area contributed by atoms with Crippen LogP contribution in [0.25, 0.3) is 0 Å². The summed E-state index contributed by atoms with van der Waals surface area (Å²) in [5, 5.41) is 12.3. The molecule has 2 rings (SSSR count). The van der Waals surface area contributed by atoms with Gasteiger partial charge in [0.15, 0.2) is 0 Å². The van der Waals surface area contributed by atoms with Crippen LogP contribution in [0.15, 0.2) is 0 Å². The molecule has 102 valence electrons. The molecule has 2 atom stereocenters. The van der Waals surface area contributed by atoms with Crippen molar-refractivity contribution in [1.82, 2.24) is 15.1 Å². The number of methoxy groups -OCH3 is 1. The van der Waals surface area contributed by atoms with Crippen LogP contribution in [0.4, 0.5) is 4.79 Å². The molecule has 2 aliphatic rings. The fourth-order valence-electron chi connectivity index (χ4n) is 2.45. The van der Waals surface area contributed by atoms with E-state index >= 15 is 0 Å². The smallest absolute Gasteiger partial charge is 0.326 e. The van der Waals surface area contributed by atoms with Crippen LogP contribution in [-0.4, -0.2) is 78.9 Å². The number of carbonyl (C=O) groups is 2. The zero-order valence-electron chi connectivity index (χ0n) is 10.5. The Morgan fingerprint density at radius 1 is 1.33 bits per heavy atom. The molecule has 7 nitrogen and oxygen atoms in total. The van der Waals surface area contributed by atoms with E-state index in [0.717, 1.165) is 13.1 Å². The van der Waals surface area contributed by atoms with Gasteiger partial charge < -0.3 is 25.0 Å². The largest absolute Gasteiger partial charge is 0.480 e. The Bertz CT molecular complexity index is 330. The van der Waals surface area contributed by atoms with Crippen molar-refractivity contribution in [1.29, 1.82) is 0 Å². The normalized spacial score (nSPS) is 28.5. The number of hydrogen-bond donors (Lipinski definition) is 2. The summed E-state index contributed by atoms with van der Waals surface area (Å²) in [5.74, 6) is -0.960. The molecule has 7 heteroatoms. The molecule has 2 heterocycles. The van der Waals surface area contributed by atoms with E-state index in [0.29, 0.717) is 26.1 Å². The van der Waals surface area contributed by atoms with Crippen LogP contribution in [0.5, 0.6) is 0 Å². The minimum absolute atomic E-state index is 0.182. The first-order valence-corrected chi connectivity index (χ1v) is 6.15. The summed E-state index contributed by atoms with van der Waals surface area (Å²) >= 11 is 0. The lowest BCUT2D eigenvalue weighted by Gasteiger charge is -2.32. The van der Waals surface area contributed by atoms with E-state index in [4.69, 9.17) is 9.84 Å². The van der Waals surface area contributed by atoms with E-state index in [2.05, 4.69) is 5.32 Å². The van der Waals surface area contributed by atoms with E-state index in [1.807, 2.05) is 0 Å². The Morgan fingerprint density at radius 3 is 2.56 bits per heavy atom. The average molecular weight is 257 g/mol. The van der Waals surface area contributed by atoms with Crippen LogP contribution >= 0.6 is 0 Å². The first-order valence-electron chi connectivity index (χ1n) is 6.15. The van der Waals surface area contributed by atoms with Gasteiger partial charge in [0.25, 0.3) is 0 Å². The number of nitrogens with zero attached hydrogens (tertiary/aromatic N) is 2. The molecule has 2 amide bonds. The summed E-state index contributed by atoms with van der Waals surface area (Å²) in [6.45, 7) is 3.12. The maximum absolute atomic E-state index is 12.3. The number of carboxylic acid groups (broad SMARTS) is 1. The highest BCUT2D eigenvalue weighted by Gasteiger charge is 2.41. The molecule has 0 spiro atoms. The topological polar surface area (TPSA) is 82.1 Å². The first kappa shape index (κ1) is 13.1. The monoisotopic (exact) mass is 257 g/mol. The summed E-state index contributed by atoms with van der Waals surface area (Å²) in [4.78, 5) is 26.6. The van der Waals surface area contributed by atoms with Crippen molar-refractivity contribution in [3.8, 4) is 0 Å². The second-order valence-corrected chi connectivity index (χ2v) is 4.62. The summed E-state index contributed by atoms with van der Waals surface area (Å²) in [6.07, 6.45) is 0.182. The number of ether oxygens (including phenoxy) is 1. The van der Waals surface area contributed by atoms with Crippen LogP contribution in [0.3, 0.4) is 0 Å². The number of amides is 2. The molecular formula is C11H19N3O4. The highest BCUT2D eigenvalue weighted by atomic mass is 16.5. The van der Waals surface area contributed by atoms with Gasteiger partial charge in [-0.2, -0.15) is 0 Å². The Labute approximate surface area is 106 Å². The van der Waals surface area contributed by atoms with Gasteiger partial charge in [-0.3, -0.25) is 0 Å². The van der Waals surface area contributed by atoms with Gasteiger partial charge in [0, 0.05) is 46.3 Å². The predicted octanol–water partition coefficient (Wildman–Crippen LogP) is -0.814. The minimum Gasteiger partial charge on any atom is -0.480 e. The number of aliphatic carboxylic acids is 1. The van der Waals surface area contributed by atoms with Gasteiger partial charge in [-0.1, -0.05) is 0 Å². The molecule has 2 aliphatic heterocycles. The number of urea groups is 1. The van der Waals surface area contributed by atoms with Gasteiger partial charge in [0.1, 0.15) is 6.04 Å². The molecule has 2 fully saturated rings. The third kappa shape index (κ3) is 2.56. The van der Waals surface area contributed by atoms with Crippen LogP contribution < -0.4 is 5.32 Å². The van der Waals surface area contributed by atoms with Gasteiger partial charge in [-0.15, -0.1) is 0 Å². The third-order valence-corrected chi connectivity index (χ3v) is 3.51. The maximum atomic E-state index is 12.3. The van der Waals surface area contributed by atoms with E-state index in [-0.39, 0.29) is 12.1 Å². The van der Waals surface area contributed by atoms with Crippen molar-refractivity contribution in [2.75, 3.05) is 39.8 Å². The summed E-state index contributed by atoms with van der Waals surface area (Å²) in [7, 11) is 1.54. The second kappa shape index (κ2) is 5.53. The Kier molecular flexibility index (Phi) is 4.03. The zero-order valence-corrected chi connectivity index (χ0v) is 10.5. The van der Waals surface area contributed by atoms with Crippen LogP contribution in [0, 0.1) is 0 Å². The first-order chi connectivity index (χ1) is 8.63. The molecule has 18 heavy (non-hydrogen) atoms. The minimum atomic E-state index is -0.960. The van der Waals surface area contributed by atoms with Crippen LogP contribution in [0.2, 0.25) is 0 Å². The van der Waals surface area contributed by atoms with Crippen LogP contribution in [-0.2, 0) is 9.53 Å². The standard InChI is InChI=1S/C11H19N3O4/c1-18-8-6-9(10(15)16)14(7-8)11(17)13-4-2-12-3-5-13/h8-9,12H,2-7H2,1H3,(H,15,16). The number of hydrogen-bond acceptors (Lipinski definition) is 4. The number of carboxylic acids is 1. The molecule has 0 aromatic heterocycles. The predicted molar refractivity (Wildman–Crippen MR) is 63.4 cm³/mol. The maximum Gasteiger partial charge on any atom is 0.326 e. The van der Waals surface area contributed by atoms with Crippen molar-refractivity contribution in [3.05, 3.63) is 0 Å². The van der Waals surface area contributed by atoms with Gasteiger partial charge in [-0.25, -0.2) is 9.59 Å². The molecule has 0 aromatic carbocycles. The molecule has 2 unspecified atom stereocenters. The summed E-state index contributed by atoms with van der Waals surface area (Å²) in [6, 6.07) is -0.958. The zero-order chi connectivity index (χ0) is 13.1. The molecule has 0 aliphatic carbocycles. The summed E-state index contributed by atoms with van der Waals surface area (Å²) < 4.78 is 5.17. The number of piperazine rings is 1. The molecule has 0 aromatic rings. The molecule has 0 radical (unpaired) electrons.